The highest BCUT2D eigenvalue weighted by atomic mass is 35.5. The van der Waals surface area contributed by atoms with Gasteiger partial charge in [-0.3, -0.25) is 14.9 Å². The van der Waals surface area contributed by atoms with E-state index in [9.17, 15) is 14.9 Å². The second-order valence-corrected chi connectivity index (χ2v) is 5.04. The Balaban J connectivity index is 2.36. The van der Waals surface area contributed by atoms with Crippen LogP contribution >= 0.6 is 23.2 Å². The van der Waals surface area contributed by atoms with Gasteiger partial charge in [-0.2, -0.15) is 0 Å². The van der Waals surface area contributed by atoms with Crippen LogP contribution in [0.3, 0.4) is 0 Å². The van der Waals surface area contributed by atoms with E-state index >= 15 is 0 Å². The van der Waals surface area contributed by atoms with Crippen molar-refractivity contribution in [2.75, 3.05) is 12.4 Å². The van der Waals surface area contributed by atoms with E-state index < -0.39 is 10.8 Å². The number of anilines is 1. The number of hydrogen-bond acceptors (Lipinski definition) is 4. The van der Waals surface area contributed by atoms with Crippen molar-refractivity contribution in [1.82, 2.24) is 0 Å². The predicted octanol–water partition coefficient (Wildman–Crippen LogP) is 4.16. The van der Waals surface area contributed by atoms with Crippen LogP contribution in [-0.2, 0) is 0 Å². The summed E-state index contributed by atoms with van der Waals surface area (Å²) in [7, 11) is 1.28. The SMILES string of the molecule is COc1c(NC(=O)c2ccc(Cl)cc2Cl)cccc1[N+](=O)[O-]. The van der Waals surface area contributed by atoms with E-state index in [0.717, 1.165) is 0 Å². The fourth-order valence-electron chi connectivity index (χ4n) is 1.84. The Morgan fingerprint density at radius 2 is 2.00 bits per heavy atom. The van der Waals surface area contributed by atoms with Gasteiger partial charge in [-0.1, -0.05) is 29.3 Å². The molecule has 2 rings (SSSR count). The average molecular weight is 341 g/mol. The Morgan fingerprint density at radius 3 is 2.59 bits per heavy atom. The van der Waals surface area contributed by atoms with E-state index in [0.29, 0.717) is 5.02 Å². The number of nitro groups is 1. The number of rotatable bonds is 4. The van der Waals surface area contributed by atoms with Gasteiger partial charge in [0, 0.05) is 11.1 Å². The quantitative estimate of drug-likeness (QED) is 0.669. The summed E-state index contributed by atoms with van der Waals surface area (Å²) in [5.41, 5.74) is 0.120. The third kappa shape index (κ3) is 3.29. The lowest BCUT2D eigenvalue weighted by atomic mass is 10.2. The number of carbonyl (C=O) groups is 1. The Bertz CT molecular complexity index is 750. The van der Waals surface area contributed by atoms with Crippen LogP contribution in [0.2, 0.25) is 10.0 Å². The maximum Gasteiger partial charge on any atom is 0.313 e. The van der Waals surface area contributed by atoms with Crippen molar-refractivity contribution in [3.63, 3.8) is 0 Å². The second kappa shape index (κ2) is 6.64. The minimum absolute atomic E-state index is 0.0362. The highest BCUT2D eigenvalue weighted by molar-refractivity contribution is 6.37. The average Bonchev–Trinajstić information content (AvgIpc) is 2.46. The van der Waals surface area contributed by atoms with E-state index in [2.05, 4.69) is 5.32 Å². The van der Waals surface area contributed by atoms with Crippen LogP contribution in [0.25, 0.3) is 0 Å². The van der Waals surface area contributed by atoms with Gasteiger partial charge in [-0.15, -0.1) is 0 Å². The van der Waals surface area contributed by atoms with Crippen LogP contribution in [0.1, 0.15) is 10.4 Å². The number of nitro benzene ring substituents is 1. The molecule has 0 bridgehead atoms. The number of para-hydroxylation sites is 1. The van der Waals surface area contributed by atoms with E-state index in [1.165, 1.54) is 43.5 Å². The van der Waals surface area contributed by atoms with E-state index in [1.54, 1.807) is 0 Å². The number of ether oxygens (including phenoxy) is 1. The molecule has 114 valence electrons. The van der Waals surface area contributed by atoms with E-state index in [4.69, 9.17) is 27.9 Å². The largest absolute Gasteiger partial charge is 0.489 e. The van der Waals surface area contributed by atoms with Crippen molar-refractivity contribution in [3.8, 4) is 5.75 Å². The van der Waals surface area contributed by atoms with Gasteiger partial charge in [0.05, 0.1) is 28.3 Å². The molecule has 0 aliphatic carbocycles. The van der Waals surface area contributed by atoms with Gasteiger partial charge in [0.15, 0.2) is 0 Å². The maximum absolute atomic E-state index is 12.2. The second-order valence-electron chi connectivity index (χ2n) is 4.19. The fraction of sp³-hybridized carbons (Fsp3) is 0.0714. The van der Waals surface area contributed by atoms with Gasteiger partial charge in [0.2, 0.25) is 5.75 Å². The molecule has 0 fully saturated rings. The molecular formula is C14H10Cl2N2O4. The molecule has 8 heteroatoms. The first-order chi connectivity index (χ1) is 10.4. The van der Waals surface area contributed by atoms with Crippen molar-refractivity contribution < 1.29 is 14.5 Å². The molecule has 0 spiro atoms. The van der Waals surface area contributed by atoms with Crippen molar-refractivity contribution >= 4 is 40.5 Å². The Kier molecular flexibility index (Phi) is 4.85. The summed E-state index contributed by atoms with van der Waals surface area (Å²) in [4.78, 5) is 22.6. The van der Waals surface area contributed by atoms with Gasteiger partial charge in [0.25, 0.3) is 5.91 Å². The third-order valence-corrected chi connectivity index (χ3v) is 3.37. The standard InChI is InChI=1S/C14H10Cl2N2O4/c1-22-13-11(3-2-4-12(13)18(20)21)17-14(19)9-6-5-8(15)7-10(9)16/h2-7H,1H3,(H,17,19). The number of benzene rings is 2. The Labute approximate surface area is 135 Å². The number of carbonyl (C=O) groups excluding carboxylic acids is 1. The lowest BCUT2D eigenvalue weighted by Crippen LogP contribution is -2.13. The fourth-order valence-corrected chi connectivity index (χ4v) is 2.34. The summed E-state index contributed by atoms with van der Waals surface area (Å²) in [6.45, 7) is 0. The van der Waals surface area contributed by atoms with Crippen molar-refractivity contribution in [3.05, 3.63) is 62.1 Å². The molecule has 0 heterocycles. The highest BCUT2D eigenvalue weighted by Gasteiger charge is 2.20. The lowest BCUT2D eigenvalue weighted by molar-refractivity contribution is -0.385. The molecule has 0 aromatic heterocycles. The summed E-state index contributed by atoms with van der Waals surface area (Å²) < 4.78 is 5.01. The molecule has 6 nitrogen and oxygen atoms in total. The van der Waals surface area contributed by atoms with E-state index in [-0.39, 0.29) is 27.7 Å². The molecular weight excluding hydrogens is 331 g/mol. The molecule has 1 amide bonds. The third-order valence-electron chi connectivity index (χ3n) is 2.82. The monoisotopic (exact) mass is 340 g/mol. The van der Waals surface area contributed by atoms with Crippen LogP contribution < -0.4 is 10.1 Å². The van der Waals surface area contributed by atoms with Crippen LogP contribution in [-0.4, -0.2) is 17.9 Å². The van der Waals surface area contributed by atoms with Crippen LogP contribution in [0.5, 0.6) is 5.75 Å². The summed E-state index contributed by atoms with van der Waals surface area (Å²) in [6, 6.07) is 8.64. The summed E-state index contributed by atoms with van der Waals surface area (Å²) >= 11 is 11.7. The van der Waals surface area contributed by atoms with Gasteiger partial charge in [-0.25, -0.2) is 0 Å². The smallest absolute Gasteiger partial charge is 0.313 e. The number of halogens is 2. The minimum Gasteiger partial charge on any atom is -0.489 e. The molecule has 0 aliphatic heterocycles. The summed E-state index contributed by atoms with van der Waals surface area (Å²) in [5.74, 6) is -0.564. The lowest BCUT2D eigenvalue weighted by Gasteiger charge is -2.11. The van der Waals surface area contributed by atoms with Crippen LogP contribution in [0.15, 0.2) is 36.4 Å². The molecule has 2 aromatic rings. The molecule has 0 aliphatic rings. The minimum atomic E-state index is -0.593. The number of hydrogen-bond donors (Lipinski definition) is 1. The van der Waals surface area contributed by atoms with E-state index in [1.807, 2.05) is 0 Å². The van der Waals surface area contributed by atoms with Gasteiger partial charge in [-0.05, 0) is 24.3 Å². The zero-order chi connectivity index (χ0) is 16.3. The molecule has 1 N–H and O–H groups in total. The molecule has 0 unspecified atom stereocenters. The van der Waals surface area contributed by atoms with Crippen LogP contribution in [0.4, 0.5) is 11.4 Å². The molecule has 0 radical (unpaired) electrons. The zero-order valence-corrected chi connectivity index (χ0v) is 12.8. The van der Waals surface area contributed by atoms with Gasteiger partial charge in [0.1, 0.15) is 0 Å². The maximum atomic E-state index is 12.2. The molecule has 0 saturated heterocycles. The first kappa shape index (κ1) is 16.1. The number of amides is 1. The number of nitrogens with zero attached hydrogens (tertiary/aromatic N) is 1. The Hall–Kier alpha value is -2.31. The Morgan fingerprint density at radius 1 is 1.27 bits per heavy atom. The topological polar surface area (TPSA) is 81.5 Å². The summed E-state index contributed by atoms with van der Waals surface area (Å²) in [5, 5.41) is 14.1. The van der Waals surface area contributed by atoms with Crippen molar-refractivity contribution in [1.29, 1.82) is 0 Å². The zero-order valence-electron chi connectivity index (χ0n) is 11.3. The first-order valence-corrected chi connectivity index (χ1v) is 6.77. The number of methoxy groups -OCH3 is 1. The molecule has 0 saturated carbocycles. The number of nitrogens with one attached hydrogen (secondary N) is 1. The van der Waals surface area contributed by atoms with Gasteiger partial charge >= 0.3 is 5.69 Å². The molecule has 22 heavy (non-hydrogen) atoms. The summed E-state index contributed by atoms with van der Waals surface area (Å²) in [6.07, 6.45) is 0. The van der Waals surface area contributed by atoms with Crippen molar-refractivity contribution in [2.45, 2.75) is 0 Å². The molecule has 2 aromatic carbocycles. The first-order valence-electron chi connectivity index (χ1n) is 6.02. The van der Waals surface area contributed by atoms with Gasteiger partial charge < -0.3 is 10.1 Å². The van der Waals surface area contributed by atoms with Crippen molar-refractivity contribution in [2.24, 2.45) is 0 Å². The molecule has 0 atom stereocenters. The van der Waals surface area contributed by atoms with Crippen LogP contribution in [0, 0.1) is 10.1 Å². The normalized spacial score (nSPS) is 10.1. The highest BCUT2D eigenvalue weighted by Crippen LogP contribution is 2.35. The predicted molar refractivity (Wildman–Crippen MR) is 84.1 cm³/mol.